The van der Waals surface area contributed by atoms with E-state index in [1.807, 2.05) is 14.0 Å². The Hall–Kier alpha value is -1.24. The largest absolute Gasteiger partial charge is 0.373 e. The number of nitrogens with one attached hydrogen (secondary N) is 2. The van der Waals surface area contributed by atoms with Crippen LogP contribution < -0.4 is 10.6 Å². The van der Waals surface area contributed by atoms with Gasteiger partial charge >= 0.3 is 0 Å². The quantitative estimate of drug-likeness (QED) is 0.303. The van der Waals surface area contributed by atoms with E-state index in [0.717, 1.165) is 32.5 Å². The van der Waals surface area contributed by atoms with Crippen molar-refractivity contribution in [2.45, 2.75) is 32.8 Å². The molecule has 0 aliphatic carbocycles. The Morgan fingerprint density at radius 3 is 2.86 bits per heavy atom. The number of rotatable bonds is 13. The number of ether oxygens (including phenoxy) is 1. The molecule has 0 spiro atoms. The van der Waals surface area contributed by atoms with E-state index < -0.39 is 0 Å². The van der Waals surface area contributed by atoms with Gasteiger partial charge in [-0.15, -0.1) is 0 Å². The fraction of sp³-hybridized carbons (Fsp3) is 0.750. The predicted octanol–water partition coefficient (Wildman–Crippen LogP) is 1.04. The van der Waals surface area contributed by atoms with E-state index in [2.05, 4.69) is 34.5 Å². The molecule has 0 aromatic carbocycles. The Morgan fingerprint density at radius 1 is 1.41 bits per heavy atom. The van der Waals surface area contributed by atoms with Crippen molar-refractivity contribution >= 4 is 12.1 Å². The molecule has 128 valence electrons. The molecule has 0 rings (SSSR count). The second-order valence-corrected chi connectivity index (χ2v) is 5.22. The Labute approximate surface area is 135 Å². The third kappa shape index (κ3) is 13.7. The second kappa shape index (κ2) is 14.7. The maximum atomic E-state index is 11.5. The Bertz CT molecular complexity index is 332. The van der Waals surface area contributed by atoms with Crippen molar-refractivity contribution in [3.8, 4) is 0 Å². The molecular formula is C16H32N4O2. The normalized spacial score (nSPS) is 13.3. The van der Waals surface area contributed by atoms with Crippen molar-refractivity contribution in [2.75, 3.05) is 46.9 Å². The van der Waals surface area contributed by atoms with Crippen LogP contribution in [0, 0.1) is 0 Å². The summed E-state index contributed by atoms with van der Waals surface area (Å²) in [5, 5.41) is 5.91. The average Bonchev–Trinajstić information content (AvgIpc) is 2.52. The minimum absolute atomic E-state index is 0.111. The lowest BCUT2D eigenvalue weighted by molar-refractivity contribution is -0.116. The first-order valence-corrected chi connectivity index (χ1v) is 8.00. The van der Waals surface area contributed by atoms with Gasteiger partial charge in [0.05, 0.1) is 12.7 Å². The summed E-state index contributed by atoms with van der Waals surface area (Å²) in [5.74, 6) is -0.111. The molecule has 0 radical (unpaired) electrons. The van der Waals surface area contributed by atoms with Gasteiger partial charge in [-0.3, -0.25) is 9.79 Å². The van der Waals surface area contributed by atoms with Gasteiger partial charge in [-0.1, -0.05) is 6.92 Å². The molecule has 6 heteroatoms. The summed E-state index contributed by atoms with van der Waals surface area (Å²) in [6.45, 7) is 8.24. The summed E-state index contributed by atoms with van der Waals surface area (Å²) in [6, 6.07) is 0. The molecule has 0 aromatic heterocycles. The Morgan fingerprint density at radius 2 is 2.18 bits per heavy atom. The maximum absolute atomic E-state index is 11.5. The third-order valence-electron chi connectivity index (χ3n) is 3.23. The average molecular weight is 312 g/mol. The fourth-order valence-corrected chi connectivity index (χ4v) is 1.63. The van der Waals surface area contributed by atoms with Crippen LogP contribution in [-0.4, -0.2) is 70.0 Å². The molecule has 0 bridgehead atoms. The van der Waals surface area contributed by atoms with Gasteiger partial charge in [-0.05, 0) is 53.5 Å². The number of nitrogens with zero attached hydrogens (tertiary/aromatic N) is 2. The second-order valence-electron chi connectivity index (χ2n) is 5.22. The zero-order valence-electron chi connectivity index (χ0n) is 14.5. The molecule has 0 heterocycles. The monoisotopic (exact) mass is 312 g/mol. The first-order chi connectivity index (χ1) is 10.6. The van der Waals surface area contributed by atoms with E-state index in [9.17, 15) is 4.79 Å². The van der Waals surface area contributed by atoms with E-state index in [1.165, 1.54) is 12.3 Å². The van der Waals surface area contributed by atoms with Gasteiger partial charge in [0.1, 0.15) is 0 Å². The molecular weight excluding hydrogens is 280 g/mol. The van der Waals surface area contributed by atoms with Crippen LogP contribution in [0.5, 0.6) is 0 Å². The molecule has 0 saturated carbocycles. The highest BCUT2D eigenvalue weighted by Crippen LogP contribution is 1.94. The number of hydrogen-bond acceptors (Lipinski definition) is 5. The molecule has 0 aliphatic heterocycles. The SMILES string of the molecule is CCN(C)CCCNC(=O)/C=C/N=C\COC(C)CCNC. The number of carbonyl (C=O) groups excluding carboxylic acids is 1. The van der Waals surface area contributed by atoms with Crippen molar-refractivity contribution in [2.24, 2.45) is 4.99 Å². The van der Waals surface area contributed by atoms with E-state index in [1.54, 1.807) is 6.21 Å². The van der Waals surface area contributed by atoms with E-state index in [4.69, 9.17) is 4.74 Å². The number of hydrogen-bond donors (Lipinski definition) is 2. The van der Waals surface area contributed by atoms with E-state index >= 15 is 0 Å². The first-order valence-electron chi connectivity index (χ1n) is 8.00. The highest BCUT2D eigenvalue weighted by atomic mass is 16.5. The highest BCUT2D eigenvalue weighted by molar-refractivity contribution is 5.87. The van der Waals surface area contributed by atoms with Crippen LogP contribution in [0.25, 0.3) is 0 Å². The van der Waals surface area contributed by atoms with Crippen LogP contribution in [0.15, 0.2) is 17.3 Å². The molecule has 6 nitrogen and oxygen atoms in total. The van der Waals surface area contributed by atoms with Crippen LogP contribution in [0.1, 0.15) is 26.7 Å². The van der Waals surface area contributed by atoms with E-state index in [0.29, 0.717) is 13.2 Å². The minimum atomic E-state index is -0.111. The van der Waals surface area contributed by atoms with Gasteiger partial charge in [0.2, 0.25) is 5.91 Å². The Kier molecular flexibility index (Phi) is 13.9. The summed E-state index contributed by atoms with van der Waals surface area (Å²) < 4.78 is 5.54. The van der Waals surface area contributed by atoms with E-state index in [-0.39, 0.29) is 12.0 Å². The van der Waals surface area contributed by atoms with Crippen LogP contribution in [0.4, 0.5) is 0 Å². The molecule has 1 unspecified atom stereocenters. The zero-order valence-corrected chi connectivity index (χ0v) is 14.5. The lowest BCUT2D eigenvalue weighted by atomic mass is 10.3. The number of carbonyl (C=O) groups is 1. The van der Waals surface area contributed by atoms with Crippen molar-refractivity contribution < 1.29 is 9.53 Å². The summed E-state index contributed by atoms with van der Waals surface area (Å²) in [7, 11) is 3.99. The molecule has 0 fully saturated rings. The van der Waals surface area contributed by atoms with Gasteiger partial charge in [0, 0.05) is 25.0 Å². The summed E-state index contributed by atoms with van der Waals surface area (Å²) in [5.41, 5.74) is 0. The lowest BCUT2D eigenvalue weighted by Crippen LogP contribution is -2.26. The van der Waals surface area contributed by atoms with Crippen molar-refractivity contribution in [3.05, 3.63) is 12.3 Å². The number of amides is 1. The van der Waals surface area contributed by atoms with Gasteiger partial charge in [-0.25, -0.2) is 0 Å². The number of aliphatic imine (C=N–C) groups is 1. The maximum Gasteiger partial charge on any atom is 0.245 e. The van der Waals surface area contributed by atoms with Crippen LogP contribution in [0.3, 0.4) is 0 Å². The molecule has 22 heavy (non-hydrogen) atoms. The van der Waals surface area contributed by atoms with Crippen molar-refractivity contribution in [1.29, 1.82) is 0 Å². The molecule has 0 aliphatic rings. The third-order valence-corrected chi connectivity index (χ3v) is 3.23. The standard InChI is InChI=1S/C16H32N4O2/c1-5-20(4)13-6-9-19-16(21)8-11-18-12-14-22-15(2)7-10-17-3/h8,11-12,15,17H,5-7,9-10,13-14H2,1-4H3,(H,19,21)/b11-8+,18-12-. The summed E-state index contributed by atoms with van der Waals surface area (Å²) in [4.78, 5) is 17.7. The Balaban J connectivity index is 3.61. The van der Waals surface area contributed by atoms with Gasteiger partial charge < -0.3 is 20.3 Å². The zero-order chi connectivity index (χ0) is 16.6. The van der Waals surface area contributed by atoms with Crippen molar-refractivity contribution in [3.63, 3.8) is 0 Å². The molecule has 0 saturated heterocycles. The van der Waals surface area contributed by atoms with Gasteiger partial charge in [0.25, 0.3) is 0 Å². The topological polar surface area (TPSA) is 66.0 Å². The fourth-order valence-electron chi connectivity index (χ4n) is 1.63. The highest BCUT2D eigenvalue weighted by Gasteiger charge is 1.99. The minimum Gasteiger partial charge on any atom is -0.373 e. The molecule has 0 aromatic rings. The summed E-state index contributed by atoms with van der Waals surface area (Å²) >= 11 is 0. The lowest BCUT2D eigenvalue weighted by Gasteiger charge is -2.12. The molecule has 2 N–H and O–H groups in total. The first kappa shape index (κ1) is 20.8. The van der Waals surface area contributed by atoms with Gasteiger partial charge in [-0.2, -0.15) is 0 Å². The molecule has 1 amide bonds. The van der Waals surface area contributed by atoms with Crippen LogP contribution >= 0.6 is 0 Å². The molecule has 1 atom stereocenters. The predicted molar refractivity (Wildman–Crippen MR) is 92.4 cm³/mol. The summed E-state index contributed by atoms with van der Waals surface area (Å²) in [6.07, 6.45) is 6.71. The smallest absolute Gasteiger partial charge is 0.245 e. The van der Waals surface area contributed by atoms with Gasteiger partial charge in [0.15, 0.2) is 0 Å². The van der Waals surface area contributed by atoms with Crippen LogP contribution in [0.2, 0.25) is 0 Å². The van der Waals surface area contributed by atoms with Crippen LogP contribution in [-0.2, 0) is 9.53 Å². The van der Waals surface area contributed by atoms with Crippen molar-refractivity contribution in [1.82, 2.24) is 15.5 Å².